The number of fused-ring (bicyclic) bond motifs is 1. The fourth-order valence-electron chi connectivity index (χ4n) is 3.74. The highest BCUT2D eigenvalue weighted by Crippen LogP contribution is 2.34. The number of halogens is 1. The van der Waals surface area contributed by atoms with Crippen molar-refractivity contribution >= 4 is 32.6 Å². The van der Waals surface area contributed by atoms with Crippen molar-refractivity contribution in [3.05, 3.63) is 47.9 Å². The molecule has 154 valence electrons. The van der Waals surface area contributed by atoms with Gasteiger partial charge in [0.05, 0.1) is 18.0 Å². The Balaban J connectivity index is 1.59. The zero-order valence-corrected chi connectivity index (χ0v) is 17.5. The van der Waals surface area contributed by atoms with Crippen LogP contribution in [0.3, 0.4) is 0 Å². The molecule has 0 bridgehead atoms. The average Bonchev–Trinajstić information content (AvgIpc) is 3.06. The van der Waals surface area contributed by atoms with Gasteiger partial charge < -0.3 is 9.47 Å². The van der Waals surface area contributed by atoms with Crippen LogP contribution >= 0.6 is 0 Å². The monoisotopic (exact) mass is 417 g/mol. The third-order valence-corrected chi connectivity index (χ3v) is 7.00. The van der Waals surface area contributed by atoms with Crippen LogP contribution in [0.25, 0.3) is 11.0 Å². The molecule has 3 heterocycles. The maximum absolute atomic E-state index is 12.6. The van der Waals surface area contributed by atoms with Crippen molar-refractivity contribution in [2.45, 2.75) is 19.3 Å². The first-order chi connectivity index (χ1) is 13.8. The molecule has 7 nitrogen and oxygen atoms in total. The lowest BCUT2D eigenvalue weighted by Gasteiger charge is -2.38. The summed E-state index contributed by atoms with van der Waals surface area (Å²) in [5.74, 6) is 0.928. The third kappa shape index (κ3) is 3.49. The maximum Gasteiger partial charge on any atom is 0.243 e. The minimum absolute atomic E-state index is 0.102. The topological polar surface area (TPSA) is 71.3 Å². The quantitative estimate of drug-likeness (QED) is 0.617. The normalized spacial score (nSPS) is 15.6. The molecule has 9 heteroatoms. The van der Waals surface area contributed by atoms with Gasteiger partial charge in [0.1, 0.15) is 11.3 Å². The number of nitrogens with zero attached hydrogens (tertiary/aromatic N) is 5. The lowest BCUT2D eigenvalue weighted by Crippen LogP contribution is -2.48. The van der Waals surface area contributed by atoms with Crippen molar-refractivity contribution in [2.75, 3.05) is 31.0 Å². The minimum Gasteiger partial charge on any atom is -0.334 e. The van der Waals surface area contributed by atoms with E-state index < -0.39 is 16.0 Å². The molecule has 2 aromatic heterocycles. The van der Waals surface area contributed by atoms with Gasteiger partial charge in [0.25, 0.3) is 0 Å². The Morgan fingerprint density at radius 2 is 2.00 bits per heavy atom. The molecule has 0 spiro atoms. The van der Waals surface area contributed by atoms with Gasteiger partial charge in [0.2, 0.25) is 16.0 Å². The number of rotatable bonds is 6. The third-order valence-electron chi connectivity index (χ3n) is 5.64. The average molecular weight is 418 g/mol. The van der Waals surface area contributed by atoms with Crippen LogP contribution in [-0.4, -0.2) is 53.4 Å². The molecule has 0 N–H and O–H groups in total. The molecule has 4 rings (SSSR count). The Labute approximate surface area is 169 Å². The van der Waals surface area contributed by atoms with Crippen LogP contribution in [0.4, 0.5) is 15.9 Å². The van der Waals surface area contributed by atoms with Crippen molar-refractivity contribution in [3.63, 3.8) is 0 Å². The molecule has 1 saturated heterocycles. The summed E-state index contributed by atoms with van der Waals surface area (Å²) >= 11 is 0. The lowest BCUT2D eigenvalue weighted by molar-refractivity contribution is 0.259. The second-order valence-corrected chi connectivity index (χ2v) is 9.32. The Bertz CT molecular complexity index is 1150. The SMILES string of the molecule is CCc1cc(C2CN(S(=O)(=O)CF)C2)ccc1N(C)c1cc2c(cn1)ncn2C. The van der Waals surface area contributed by atoms with Gasteiger partial charge in [-0.2, -0.15) is 4.31 Å². The number of anilines is 2. The zero-order chi connectivity index (χ0) is 20.8. The van der Waals surface area contributed by atoms with E-state index in [0.29, 0.717) is 13.1 Å². The summed E-state index contributed by atoms with van der Waals surface area (Å²) < 4.78 is 39.0. The highest BCUT2D eigenvalue weighted by molar-refractivity contribution is 7.88. The van der Waals surface area contributed by atoms with Crippen LogP contribution in [-0.2, 0) is 23.5 Å². The smallest absolute Gasteiger partial charge is 0.243 e. The van der Waals surface area contributed by atoms with Crippen molar-refractivity contribution in [1.29, 1.82) is 0 Å². The van der Waals surface area contributed by atoms with E-state index in [9.17, 15) is 12.8 Å². The van der Waals surface area contributed by atoms with Crippen molar-refractivity contribution in [1.82, 2.24) is 18.8 Å². The zero-order valence-electron chi connectivity index (χ0n) is 16.7. The number of benzene rings is 1. The molecule has 0 atom stereocenters. The molecule has 29 heavy (non-hydrogen) atoms. The van der Waals surface area contributed by atoms with Crippen LogP contribution in [0.2, 0.25) is 0 Å². The van der Waals surface area contributed by atoms with E-state index in [1.54, 1.807) is 12.5 Å². The largest absolute Gasteiger partial charge is 0.334 e. The predicted molar refractivity (Wildman–Crippen MR) is 112 cm³/mol. The predicted octanol–water partition coefficient (Wildman–Crippen LogP) is 2.95. The first-order valence-electron chi connectivity index (χ1n) is 9.51. The van der Waals surface area contributed by atoms with Gasteiger partial charge >= 0.3 is 0 Å². The van der Waals surface area contributed by atoms with E-state index in [-0.39, 0.29) is 5.92 Å². The Kier molecular flexibility index (Phi) is 5.04. The standard InChI is InChI=1S/C20H24FN5O2S/c1-4-14-7-15(16-10-26(11-16)29(27,28)12-21)5-6-18(14)25(3)20-8-19-17(9-22-20)23-13-24(19)2/h5-9,13,16H,4,10-12H2,1-3H3. The van der Waals surface area contributed by atoms with Crippen molar-refractivity contribution in [3.8, 4) is 0 Å². The molecule has 1 aliphatic heterocycles. The lowest BCUT2D eigenvalue weighted by atomic mass is 9.91. The molecule has 0 saturated carbocycles. The Hall–Kier alpha value is -2.52. The molecule has 0 radical (unpaired) electrons. The number of sulfonamides is 1. The van der Waals surface area contributed by atoms with Crippen LogP contribution in [0.5, 0.6) is 0 Å². The van der Waals surface area contributed by atoms with Crippen molar-refractivity contribution < 1.29 is 12.8 Å². The second kappa shape index (κ2) is 7.38. The van der Waals surface area contributed by atoms with Crippen LogP contribution in [0, 0.1) is 0 Å². The van der Waals surface area contributed by atoms with E-state index >= 15 is 0 Å². The first-order valence-corrected chi connectivity index (χ1v) is 11.1. The first kappa shape index (κ1) is 19.8. The van der Waals surface area contributed by atoms with Gasteiger partial charge in [0, 0.05) is 44.9 Å². The Morgan fingerprint density at radius 1 is 1.24 bits per heavy atom. The fourth-order valence-corrected chi connectivity index (χ4v) is 4.69. The van der Waals surface area contributed by atoms with E-state index in [1.807, 2.05) is 30.8 Å². The number of hydrogen-bond donors (Lipinski definition) is 0. The van der Waals surface area contributed by atoms with Gasteiger partial charge in [0.15, 0.2) is 0 Å². The summed E-state index contributed by atoms with van der Waals surface area (Å²) in [5, 5.41) is 0. The number of hydrogen-bond acceptors (Lipinski definition) is 5. The molecule has 0 aliphatic carbocycles. The molecular formula is C20H24FN5O2S. The fraction of sp³-hybridized carbons (Fsp3) is 0.400. The molecular weight excluding hydrogens is 393 g/mol. The summed E-state index contributed by atoms with van der Waals surface area (Å²) in [4.78, 5) is 10.9. The number of aryl methyl sites for hydroxylation is 2. The summed E-state index contributed by atoms with van der Waals surface area (Å²) in [6.45, 7) is 2.77. The van der Waals surface area contributed by atoms with Gasteiger partial charge in [-0.3, -0.25) is 0 Å². The van der Waals surface area contributed by atoms with E-state index in [0.717, 1.165) is 40.1 Å². The van der Waals surface area contributed by atoms with E-state index in [2.05, 4.69) is 33.9 Å². The summed E-state index contributed by atoms with van der Waals surface area (Å²) in [7, 11) is 0.189. The molecule has 3 aromatic rings. The van der Waals surface area contributed by atoms with Gasteiger partial charge in [-0.05, 0) is 23.6 Å². The maximum atomic E-state index is 12.6. The Morgan fingerprint density at radius 3 is 2.69 bits per heavy atom. The van der Waals surface area contributed by atoms with Crippen LogP contribution in [0.1, 0.15) is 24.0 Å². The molecule has 0 amide bonds. The van der Waals surface area contributed by atoms with Crippen LogP contribution < -0.4 is 4.90 Å². The van der Waals surface area contributed by atoms with E-state index in [4.69, 9.17) is 0 Å². The summed E-state index contributed by atoms with van der Waals surface area (Å²) in [6, 6.07) is 6.88. The molecule has 1 aromatic carbocycles. The van der Waals surface area contributed by atoms with E-state index in [1.165, 1.54) is 4.31 Å². The molecule has 0 unspecified atom stereocenters. The number of aromatic nitrogens is 3. The molecule has 1 aliphatic rings. The summed E-state index contributed by atoms with van der Waals surface area (Å²) in [6.07, 6.45) is 4.38. The second-order valence-electron chi connectivity index (χ2n) is 7.42. The van der Waals surface area contributed by atoms with Gasteiger partial charge in [-0.1, -0.05) is 19.1 Å². The van der Waals surface area contributed by atoms with Crippen molar-refractivity contribution in [2.24, 2.45) is 7.05 Å². The molecule has 1 fully saturated rings. The highest BCUT2D eigenvalue weighted by atomic mass is 32.2. The highest BCUT2D eigenvalue weighted by Gasteiger charge is 2.36. The van der Waals surface area contributed by atoms with Crippen LogP contribution in [0.15, 0.2) is 36.8 Å². The van der Waals surface area contributed by atoms with Gasteiger partial charge in [-0.15, -0.1) is 0 Å². The minimum atomic E-state index is -3.75. The number of imidazole rings is 1. The van der Waals surface area contributed by atoms with Gasteiger partial charge in [-0.25, -0.2) is 22.8 Å². The summed E-state index contributed by atoms with van der Waals surface area (Å²) in [5.41, 5.74) is 5.16. The number of pyridine rings is 1. The number of alkyl halides is 1.